The number of hydrogen-bond donors (Lipinski definition) is 3. The smallest absolute Gasteiger partial charge is 0.275 e. The Morgan fingerprint density at radius 1 is 1.35 bits per heavy atom. The van der Waals surface area contributed by atoms with E-state index in [0.717, 1.165) is 5.75 Å². The molecule has 0 spiro atoms. The summed E-state index contributed by atoms with van der Waals surface area (Å²) < 4.78 is 1.92. The maximum atomic E-state index is 11.2. The molecule has 1 atom stereocenters. The van der Waals surface area contributed by atoms with Crippen LogP contribution >= 0.6 is 34.0 Å². The fourth-order valence-corrected chi connectivity index (χ4v) is 2.18. The van der Waals surface area contributed by atoms with E-state index in [0.29, 0.717) is 19.5 Å². The van der Waals surface area contributed by atoms with E-state index in [1.165, 1.54) is 0 Å². The number of aliphatic hydroxyl groups is 1. The Kier molecular flexibility index (Phi) is 11.2. The number of rotatable bonds is 9. The average molecular weight is 371 g/mol. The molecule has 1 radical (unpaired) electrons. The second-order valence-corrected chi connectivity index (χ2v) is 5.91. The molecule has 0 aliphatic heterocycles. The van der Waals surface area contributed by atoms with Crippen LogP contribution in [0.2, 0.25) is 0 Å². The van der Waals surface area contributed by atoms with Crippen molar-refractivity contribution in [3.8, 4) is 0 Å². The first-order valence-electron chi connectivity index (χ1n) is 5.31. The largest absolute Gasteiger partial charge is 0.393 e. The lowest BCUT2D eigenvalue weighted by Crippen LogP contribution is -2.35. The first-order valence-corrected chi connectivity index (χ1v) is 7.60. The molecule has 0 bridgehead atoms. The van der Waals surface area contributed by atoms with Gasteiger partial charge in [-0.05, 0) is 12.7 Å². The molecule has 2 amide bonds. The van der Waals surface area contributed by atoms with Gasteiger partial charge in [0.1, 0.15) is 0 Å². The summed E-state index contributed by atoms with van der Waals surface area (Å²) in [6.07, 6.45) is -0.0619. The van der Waals surface area contributed by atoms with Crippen LogP contribution in [-0.2, 0) is 9.59 Å². The van der Waals surface area contributed by atoms with Gasteiger partial charge in [-0.3, -0.25) is 9.59 Å². The van der Waals surface area contributed by atoms with Gasteiger partial charge in [0, 0.05) is 19.5 Å². The molecule has 97 valence electrons. The summed E-state index contributed by atoms with van der Waals surface area (Å²) in [7, 11) is 0. The van der Waals surface area contributed by atoms with Crippen molar-refractivity contribution < 1.29 is 14.7 Å². The van der Waals surface area contributed by atoms with E-state index in [1.807, 2.05) is 4.41 Å². The van der Waals surface area contributed by atoms with Gasteiger partial charge in [0.05, 0.1) is 12.5 Å². The van der Waals surface area contributed by atoms with Crippen LogP contribution in [0.4, 0.5) is 0 Å². The summed E-state index contributed by atoms with van der Waals surface area (Å²) in [4.78, 5) is 22.4. The SMILES string of the molecule is C[C@@H](O)CC(=O)NCCNC(=O)CCS[B]I. The van der Waals surface area contributed by atoms with Crippen LogP contribution in [-0.4, -0.2) is 46.3 Å². The zero-order valence-corrected chi connectivity index (χ0v) is 12.7. The molecule has 0 aliphatic rings. The van der Waals surface area contributed by atoms with Gasteiger partial charge in [0.25, 0.3) is 4.41 Å². The highest BCUT2D eigenvalue weighted by Crippen LogP contribution is 2.02. The minimum absolute atomic E-state index is 0.0134. The summed E-state index contributed by atoms with van der Waals surface area (Å²) in [5.74, 6) is 0.549. The summed E-state index contributed by atoms with van der Waals surface area (Å²) in [5.41, 5.74) is 0. The monoisotopic (exact) mass is 371 g/mol. The van der Waals surface area contributed by atoms with Gasteiger partial charge in [-0.2, -0.15) is 0 Å². The van der Waals surface area contributed by atoms with E-state index in [9.17, 15) is 9.59 Å². The van der Waals surface area contributed by atoms with Crippen LogP contribution in [0.3, 0.4) is 0 Å². The number of hydrogen-bond acceptors (Lipinski definition) is 4. The van der Waals surface area contributed by atoms with Gasteiger partial charge < -0.3 is 15.7 Å². The number of amides is 2. The zero-order chi connectivity index (χ0) is 13.1. The maximum absolute atomic E-state index is 11.2. The van der Waals surface area contributed by atoms with Crippen molar-refractivity contribution in [1.29, 1.82) is 0 Å². The van der Waals surface area contributed by atoms with Gasteiger partial charge in [0.2, 0.25) is 11.8 Å². The normalized spacial score (nSPS) is 11.7. The van der Waals surface area contributed by atoms with Crippen LogP contribution in [0, 0.1) is 0 Å². The molecule has 5 nitrogen and oxygen atoms in total. The van der Waals surface area contributed by atoms with E-state index in [2.05, 4.69) is 33.0 Å². The molecule has 8 heteroatoms. The van der Waals surface area contributed by atoms with E-state index in [4.69, 9.17) is 5.11 Å². The van der Waals surface area contributed by atoms with Crippen molar-refractivity contribution in [2.45, 2.75) is 25.9 Å². The molecule has 0 aromatic rings. The van der Waals surface area contributed by atoms with E-state index in [1.54, 1.807) is 18.5 Å². The highest BCUT2D eigenvalue weighted by atomic mass is 127. The van der Waals surface area contributed by atoms with E-state index >= 15 is 0 Å². The number of carbonyl (C=O) groups is 2. The first kappa shape index (κ1) is 17.0. The number of halogens is 1. The van der Waals surface area contributed by atoms with Gasteiger partial charge in [-0.25, -0.2) is 11.6 Å². The Labute approximate surface area is 120 Å². The maximum Gasteiger partial charge on any atom is 0.275 e. The van der Waals surface area contributed by atoms with Gasteiger partial charge in [-0.15, -0.1) is 22.4 Å². The van der Waals surface area contributed by atoms with Crippen LogP contribution in [0.15, 0.2) is 0 Å². The van der Waals surface area contributed by atoms with Crippen molar-refractivity contribution in [2.75, 3.05) is 18.8 Å². The molecule has 17 heavy (non-hydrogen) atoms. The van der Waals surface area contributed by atoms with Crippen molar-refractivity contribution in [2.24, 2.45) is 0 Å². The van der Waals surface area contributed by atoms with Gasteiger partial charge >= 0.3 is 0 Å². The van der Waals surface area contributed by atoms with Crippen molar-refractivity contribution >= 4 is 50.2 Å². The Balaban J connectivity index is 3.38. The number of carbonyl (C=O) groups excluding carboxylic acids is 2. The third-order valence-electron chi connectivity index (χ3n) is 1.76. The van der Waals surface area contributed by atoms with Crippen LogP contribution in [0.1, 0.15) is 19.8 Å². The quantitative estimate of drug-likeness (QED) is 0.305. The Hall–Kier alpha value is 0.0449. The molecule has 0 aromatic heterocycles. The van der Waals surface area contributed by atoms with Crippen LogP contribution in [0.25, 0.3) is 0 Å². The number of aliphatic hydroxyl groups excluding tert-OH is 1. The molecule has 0 saturated heterocycles. The third kappa shape index (κ3) is 12.3. The fraction of sp³-hybridized carbons (Fsp3) is 0.778. The van der Waals surface area contributed by atoms with E-state index < -0.39 is 6.10 Å². The molecule has 3 N–H and O–H groups in total. The molecule has 0 saturated carbocycles. The second-order valence-electron chi connectivity index (χ2n) is 3.46. The lowest BCUT2D eigenvalue weighted by atomic mass is 10.3. The lowest BCUT2D eigenvalue weighted by molar-refractivity contribution is -0.123. The zero-order valence-electron chi connectivity index (χ0n) is 9.74. The van der Waals surface area contributed by atoms with Crippen LogP contribution < -0.4 is 10.6 Å². The summed E-state index contributed by atoms with van der Waals surface area (Å²) in [5, 5.41) is 14.3. The molecule has 0 aromatic carbocycles. The molecular formula is C9H17BIN2O3S. The minimum Gasteiger partial charge on any atom is -0.393 e. The molecule has 0 unspecified atom stereocenters. The Morgan fingerprint density at radius 3 is 2.47 bits per heavy atom. The molecular weight excluding hydrogens is 354 g/mol. The first-order chi connectivity index (χ1) is 8.06. The Bertz CT molecular complexity index is 244. The fourth-order valence-electron chi connectivity index (χ4n) is 1.03. The van der Waals surface area contributed by atoms with Crippen molar-refractivity contribution in [3.63, 3.8) is 0 Å². The minimum atomic E-state index is -0.633. The standard InChI is InChI=1S/C9H17BIN2O3S/c1-7(14)6-9(16)13-4-3-12-8(15)2-5-17-10-11/h7,14H,2-6H2,1H3,(H,12,15)(H,13,16)/t7-/m1/s1. The van der Waals surface area contributed by atoms with Crippen LogP contribution in [0.5, 0.6) is 0 Å². The van der Waals surface area contributed by atoms with Crippen molar-refractivity contribution in [3.05, 3.63) is 0 Å². The van der Waals surface area contributed by atoms with E-state index in [-0.39, 0.29) is 18.2 Å². The third-order valence-corrected chi connectivity index (χ3v) is 3.40. The topological polar surface area (TPSA) is 78.4 Å². The summed E-state index contributed by atoms with van der Waals surface area (Å²) in [6, 6.07) is 0. The molecule has 0 aliphatic carbocycles. The van der Waals surface area contributed by atoms with Crippen molar-refractivity contribution in [1.82, 2.24) is 10.6 Å². The summed E-state index contributed by atoms with van der Waals surface area (Å²) >= 11 is 3.71. The Morgan fingerprint density at radius 2 is 1.94 bits per heavy atom. The highest BCUT2D eigenvalue weighted by Gasteiger charge is 2.05. The summed E-state index contributed by atoms with van der Waals surface area (Å²) in [6.45, 7) is 2.37. The predicted molar refractivity (Wildman–Crippen MR) is 79.2 cm³/mol. The molecule has 0 heterocycles. The molecule has 0 rings (SSSR count). The lowest BCUT2D eigenvalue weighted by Gasteiger charge is -2.07. The number of nitrogens with one attached hydrogen (secondary N) is 2. The second kappa shape index (κ2) is 11.2. The predicted octanol–water partition coefficient (Wildman–Crippen LogP) is 0.0822. The molecule has 0 fully saturated rings. The average Bonchev–Trinajstić information content (AvgIpc) is 2.24. The van der Waals surface area contributed by atoms with Gasteiger partial charge in [-0.1, -0.05) is 0 Å². The van der Waals surface area contributed by atoms with Gasteiger partial charge in [0.15, 0.2) is 0 Å². The highest BCUT2D eigenvalue weighted by molar-refractivity contribution is 14.1.